The van der Waals surface area contributed by atoms with E-state index in [1.807, 2.05) is 92.5 Å². The molecule has 0 radical (unpaired) electrons. The Hall–Kier alpha value is -7.32. The van der Waals surface area contributed by atoms with Gasteiger partial charge in [-0.2, -0.15) is 0 Å². The molecule has 624 valence electrons. The highest BCUT2D eigenvalue weighted by atomic mass is 32.1. The number of nitrogens with zero attached hydrogens (tertiary/aromatic N) is 12. The predicted molar refractivity (Wildman–Crippen MR) is 435 cm³/mol. The fourth-order valence-corrected chi connectivity index (χ4v) is 22.7. The van der Waals surface area contributed by atoms with Crippen LogP contribution in [0.25, 0.3) is 0 Å². The first-order valence-electron chi connectivity index (χ1n) is 43.0. The van der Waals surface area contributed by atoms with Gasteiger partial charge in [-0.15, -0.1) is 22.7 Å². The molecular formula is C84H127N19O9S2. The van der Waals surface area contributed by atoms with E-state index < -0.39 is 0 Å². The highest BCUT2D eigenvalue weighted by Gasteiger charge is 2.47. The van der Waals surface area contributed by atoms with Gasteiger partial charge >= 0.3 is 0 Å². The largest absolute Gasteiger partial charge is 0.447 e. The Morgan fingerprint density at radius 3 is 1.12 bits per heavy atom. The lowest BCUT2D eigenvalue weighted by molar-refractivity contribution is -0.137. The number of amides is 6. The number of aromatic nitrogens is 7. The summed E-state index contributed by atoms with van der Waals surface area (Å²) in [7, 11) is 11.3. The van der Waals surface area contributed by atoms with E-state index in [0.717, 1.165) is 125 Å². The number of likely N-dealkylation sites (N-methyl/N-ethyl adjacent to an activating group) is 6. The first-order chi connectivity index (χ1) is 55.8. The number of thiazole rings is 2. The van der Waals surface area contributed by atoms with E-state index in [2.05, 4.69) is 81.7 Å². The number of oxazole rings is 2. The number of carbonyl (C=O) groups excluding carboxylic acids is 6. The molecule has 6 saturated heterocycles. The molecular weight excluding hydrogens is 1480 g/mol. The van der Waals surface area contributed by atoms with E-state index in [0.29, 0.717) is 110 Å². The number of rotatable bonds is 18. The summed E-state index contributed by atoms with van der Waals surface area (Å²) in [6.45, 7) is 3.66. The molecule has 6 aromatic heterocycles. The van der Waals surface area contributed by atoms with Gasteiger partial charge in [-0.3, -0.25) is 33.8 Å². The Morgan fingerprint density at radius 2 is 0.789 bits per heavy atom. The Bertz CT molecular complexity index is 3240. The number of likely N-dealkylation sites (tertiary alicyclic amines) is 6. The van der Waals surface area contributed by atoms with Crippen molar-refractivity contribution in [2.75, 3.05) is 42.3 Å². The fourth-order valence-electron chi connectivity index (χ4n) is 21.5. The standard InChI is InChI=1S/C14H22N4O.3C14H21N3O2.2C14H21N3OS/c1-15-11-6-5-10-3-2-4-12(10)18(14(11)19)9-13-16-7-8-17-13;1-15-12-6-5-10-3-2-4-13(10)17(14(12)18)8-11-7-16-9-19-11;1-15-12-6-5-10-3-2-4-13(10)17(14(12)18)9-11-7-8-16-19-11;1-15-11-6-5-10-3-2-4-12(10)17(14(11)18)9-13-16-7-8-19-13;1-15-12-6-5-10-3-2-4-13(10)17(14(12)18)8-11-7-16-9-19-11;1-15-11-6-5-10-3-2-4-12(10)17(14(11)18)9-13-16-7-8-19-13/h7-8,10-12,15H,2-6,9H2,1H3,(H,16,17);7,9-10,12-13,15H,2-6,8H2,1H3;7-8,10,12-13,15H,2-6,9H2,1H3;7-8,10-12,15H,2-6,9H2,1H3;7,9-10,12-13,15H,2-6,8H2,1H3;7-8,10-12,15H,2-6,9H2,1H3. The molecule has 6 aliphatic heterocycles. The van der Waals surface area contributed by atoms with E-state index in [4.69, 9.17) is 13.4 Å². The quantitative estimate of drug-likeness (QED) is 0.0421. The molecule has 12 aliphatic rings. The van der Waals surface area contributed by atoms with Crippen LogP contribution in [0.5, 0.6) is 0 Å². The number of carbonyl (C=O) groups is 6. The first-order valence-corrected chi connectivity index (χ1v) is 44.8. The maximum atomic E-state index is 12.7. The Labute approximate surface area is 681 Å². The van der Waals surface area contributed by atoms with Crippen molar-refractivity contribution in [2.24, 2.45) is 35.5 Å². The molecule has 18 unspecified atom stereocenters. The number of hydrogen-bond donors (Lipinski definition) is 7. The molecule has 12 heterocycles. The van der Waals surface area contributed by atoms with Crippen LogP contribution in [-0.2, 0) is 68.0 Å². The summed E-state index contributed by atoms with van der Waals surface area (Å²) >= 11 is 3.29. The molecule has 12 fully saturated rings. The molecule has 6 amide bonds. The fraction of sp³-hybridized carbons (Fsp3) is 0.714. The third-order valence-corrected chi connectivity index (χ3v) is 29.1. The van der Waals surface area contributed by atoms with Crippen molar-refractivity contribution in [1.29, 1.82) is 0 Å². The maximum Gasteiger partial charge on any atom is 0.240 e. The van der Waals surface area contributed by atoms with Crippen molar-refractivity contribution in [1.82, 2.24) is 96.4 Å². The van der Waals surface area contributed by atoms with Gasteiger partial charge in [-0.05, 0) is 232 Å². The van der Waals surface area contributed by atoms with Crippen LogP contribution >= 0.6 is 22.7 Å². The number of imidazole rings is 1. The Kier molecular flexibility index (Phi) is 30.9. The molecule has 0 spiro atoms. The summed E-state index contributed by atoms with van der Waals surface area (Å²) in [6.07, 6.45) is 49.9. The lowest BCUT2D eigenvalue weighted by atomic mass is 9.97. The molecule has 7 N–H and O–H groups in total. The molecule has 0 aromatic carbocycles. The topological polar surface area (TPSA) is 327 Å². The van der Waals surface area contributed by atoms with Crippen molar-refractivity contribution in [3.05, 3.63) is 106 Å². The molecule has 0 bridgehead atoms. The van der Waals surface area contributed by atoms with Gasteiger partial charge in [0.15, 0.2) is 12.2 Å². The van der Waals surface area contributed by atoms with Crippen molar-refractivity contribution in [2.45, 2.75) is 304 Å². The molecule has 6 aromatic rings. The molecule has 30 heteroatoms. The van der Waals surface area contributed by atoms with E-state index in [-0.39, 0.29) is 71.7 Å². The van der Waals surface area contributed by atoms with Gasteiger partial charge in [0.25, 0.3) is 0 Å². The van der Waals surface area contributed by atoms with Gasteiger partial charge in [0.1, 0.15) is 22.9 Å². The predicted octanol–water partition coefficient (Wildman–Crippen LogP) is 9.99. The average Bonchev–Trinajstić information content (AvgIpc) is 1.70. The highest BCUT2D eigenvalue weighted by molar-refractivity contribution is 7.09. The Morgan fingerprint density at radius 1 is 0.386 bits per heavy atom. The molecule has 28 nitrogen and oxygen atoms in total. The molecule has 6 aliphatic carbocycles. The zero-order valence-corrected chi connectivity index (χ0v) is 69.8. The van der Waals surface area contributed by atoms with Gasteiger partial charge < -0.3 is 79.6 Å². The lowest BCUT2D eigenvalue weighted by Gasteiger charge is -2.31. The molecule has 6 saturated carbocycles. The normalized spacial score (nSPS) is 31.3. The van der Waals surface area contributed by atoms with Crippen molar-refractivity contribution < 1.29 is 42.1 Å². The summed E-state index contributed by atoms with van der Waals surface area (Å²) in [5.74, 6) is 8.54. The van der Waals surface area contributed by atoms with E-state index >= 15 is 0 Å². The minimum Gasteiger partial charge on any atom is -0.447 e. The zero-order valence-electron chi connectivity index (χ0n) is 68.1. The maximum absolute atomic E-state index is 12.7. The number of aromatic amines is 1. The van der Waals surface area contributed by atoms with Crippen LogP contribution in [0.2, 0.25) is 0 Å². The second-order valence-electron chi connectivity index (χ2n) is 33.7. The Balaban J connectivity index is 0.000000119. The van der Waals surface area contributed by atoms with Gasteiger partial charge in [0, 0.05) is 77.4 Å². The van der Waals surface area contributed by atoms with Crippen molar-refractivity contribution in [3.8, 4) is 0 Å². The third-order valence-electron chi connectivity index (χ3n) is 27.5. The van der Waals surface area contributed by atoms with Crippen LogP contribution in [0.4, 0.5) is 0 Å². The summed E-state index contributed by atoms with van der Waals surface area (Å²) in [5.41, 5.74) is 1.85. The number of fused-ring (bicyclic) bond motifs is 6. The summed E-state index contributed by atoms with van der Waals surface area (Å²) in [5, 5.41) is 25.8. The monoisotopic (exact) mass is 1610 g/mol. The third kappa shape index (κ3) is 20.8. The van der Waals surface area contributed by atoms with Gasteiger partial charge in [-0.1, -0.05) is 43.7 Å². The number of nitrogens with one attached hydrogen (secondary N) is 7. The van der Waals surface area contributed by atoms with Gasteiger partial charge in [0.05, 0.1) is 99.6 Å². The SMILES string of the molecule is CNC1CCC2CCCC2N(Cc2ccno2)C1=O.CNC1CCC2CCCC2N(Cc2cnco2)C1=O.CNC1CCC2CCCC2N(Cc2cncs2)C1=O.CNC1CCC2CCCC2N(Cc2ncc[nH]2)C1=O.CNC1CCC2CCCC2N(Cc2ncco2)C1=O.CNC1CCC2CCCC2N(Cc2nccs2)C1=O. The number of hydrogen-bond acceptors (Lipinski definition) is 23. The summed E-state index contributed by atoms with van der Waals surface area (Å²) in [6, 6.07) is 4.10. The van der Waals surface area contributed by atoms with Crippen LogP contribution in [-0.4, -0.2) is 215 Å². The molecule has 18 rings (SSSR count). The van der Waals surface area contributed by atoms with Crippen LogP contribution in [0.1, 0.15) is 226 Å². The minimum absolute atomic E-state index is 0.00137. The van der Waals surface area contributed by atoms with Crippen LogP contribution in [0, 0.1) is 35.5 Å². The second kappa shape index (κ2) is 41.7. The molecule has 114 heavy (non-hydrogen) atoms. The minimum atomic E-state index is -0.0550. The smallest absolute Gasteiger partial charge is 0.240 e. The average molecular weight is 1610 g/mol. The van der Waals surface area contributed by atoms with E-state index in [1.54, 1.807) is 53.7 Å². The van der Waals surface area contributed by atoms with Crippen molar-refractivity contribution in [3.63, 3.8) is 0 Å². The summed E-state index contributed by atoms with van der Waals surface area (Å²) in [4.78, 5) is 113. The highest BCUT2D eigenvalue weighted by Crippen LogP contribution is 2.43. The van der Waals surface area contributed by atoms with Crippen LogP contribution in [0.3, 0.4) is 0 Å². The second-order valence-corrected chi connectivity index (χ2v) is 35.6. The van der Waals surface area contributed by atoms with E-state index in [1.165, 1.54) is 108 Å². The van der Waals surface area contributed by atoms with Crippen LogP contribution < -0.4 is 31.9 Å². The van der Waals surface area contributed by atoms with Gasteiger partial charge in [-0.25, -0.2) is 19.9 Å². The molecule has 18 atom stereocenters. The van der Waals surface area contributed by atoms with E-state index in [9.17, 15) is 28.8 Å². The van der Waals surface area contributed by atoms with Gasteiger partial charge in [0.2, 0.25) is 41.3 Å². The van der Waals surface area contributed by atoms with Crippen LogP contribution in [0.15, 0.2) is 86.3 Å². The lowest BCUT2D eigenvalue weighted by Crippen LogP contribution is -2.47. The zero-order chi connectivity index (χ0) is 79.5. The number of H-pyrrole nitrogens is 1. The first kappa shape index (κ1) is 84.6. The summed E-state index contributed by atoms with van der Waals surface area (Å²) < 4.78 is 15.8. The van der Waals surface area contributed by atoms with Crippen molar-refractivity contribution >= 4 is 58.1 Å².